The Morgan fingerprint density at radius 1 is 1.24 bits per heavy atom. The van der Waals surface area contributed by atoms with Gasteiger partial charge in [-0.05, 0) is 5.56 Å². The summed E-state index contributed by atoms with van der Waals surface area (Å²) in [5, 5.41) is 0. The van der Waals surface area contributed by atoms with Gasteiger partial charge in [0.25, 0.3) is 0 Å². The molecule has 0 atom stereocenters. The van der Waals surface area contributed by atoms with Crippen LogP contribution in [-0.4, -0.2) is 17.8 Å². The first kappa shape index (κ1) is 13.4. The van der Waals surface area contributed by atoms with Gasteiger partial charge in [-0.25, -0.2) is 9.59 Å². The third-order valence-electron chi connectivity index (χ3n) is 1.78. The Morgan fingerprint density at radius 3 is 2.59 bits per heavy atom. The molecule has 17 heavy (non-hydrogen) atoms. The van der Waals surface area contributed by atoms with E-state index in [4.69, 9.17) is 4.74 Å². The number of hydrogen-bond donors (Lipinski definition) is 2. The highest BCUT2D eigenvalue weighted by Crippen LogP contribution is 2.00. The van der Waals surface area contributed by atoms with Crippen LogP contribution in [0.4, 0.5) is 4.79 Å². The van der Waals surface area contributed by atoms with Crippen molar-refractivity contribution < 1.29 is 19.2 Å². The molecule has 0 heterocycles. The van der Waals surface area contributed by atoms with Crippen molar-refractivity contribution in [3.05, 3.63) is 35.9 Å². The third-order valence-corrected chi connectivity index (χ3v) is 2.00. The topological polar surface area (TPSA) is 64.6 Å². The van der Waals surface area contributed by atoms with Crippen LogP contribution in [0.1, 0.15) is 12.0 Å². The molecule has 0 aliphatic rings. The van der Waals surface area contributed by atoms with E-state index in [1.807, 2.05) is 35.8 Å². The number of carbonyl (C=O) groups excluding carboxylic acids is 2. The summed E-state index contributed by atoms with van der Waals surface area (Å²) in [6.07, 6.45) is -0.677. The molecule has 0 radical (unpaired) electrons. The minimum absolute atomic E-state index is 0.122. The number of amides is 1. The van der Waals surface area contributed by atoms with Crippen LogP contribution >= 0.6 is 12.6 Å². The first-order valence-electron chi connectivity index (χ1n) is 4.99. The first-order chi connectivity index (χ1) is 8.22. The summed E-state index contributed by atoms with van der Waals surface area (Å²) in [5.74, 6) is -0.198. The second-order valence-electron chi connectivity index (χ2n) is 3.11. The van der Waals surface area contributed by atoms with Crippen LogP contribution in [-0.2, 0) is 21.0 Å². The van der Waals surface area contributed by atoms with Crippen molar-refractivity contribution in [2.24, 2.45) is 0 Å². The molecule has 0 bridgehead atoms. The van der Waals surface area contributed by atoms with Crippen molar-refractivity contribution >= 4 is 24.7 Å². The van der Waals surface area contributed by atoms with E-state index in [1.54, 1.807) is 0 Å². The quantitative estimate of drug-likeness (QED) is 0.635. The number of nitrogens with one attached hydrogen (secondary N) is 1. The third kappa shape index (κ3) is 5.82. The number of ether oxygens (including phenoxy) is 1. The highest BCUT2D eigenvalue weighted by atomic mass is 32.1. The van der Waals surface area contributed by atoms with Crippen molar-refractivity contribution in [2.75, 3.05) is 5.75 Å². The Morgan fingerprint density at radius 2 is 1.94 bits per heavy atom. The Hall–Kier alpha value is -1.69. The van der Waals surface area contributed by atoms with Gasteiger partial charge in [-0.3, -0.25) is 0 Å². The zero-order valence-electron chi connectivity index (χ0n) is 9.09. The molecule has 1 aromatic rings. The molecule has 0 fully saturated rings. The van der Waals surface area contributed by atoms with Crippen molar-refractivity contribution in [1.82, 2.24) is 5.48 Å². The fraction of sp³-hybridized carbons (Fsp3) is 0.273. The minimum atomic E-state index is -0.804. The molecule has 92 valence electrons. The van der Waals surface area contributed by atoms with E-state index in [0.717, 1.165) is 5.56 Å². The summed E-state index contributed by atoms with van der Waals surface area (Å²) < 4.78 is 4.81. The summed E-state index contributed by atoms with van der Waals surface area (Å²) in [6.45, 7) is 0.122. The average molecular weight is 255 g/mol. The number of hydrogen-bond acceptors (Lipinski definition) is 5. The number of hydroxylamine groups is 1. The highest BCUT2D eigenvalue weighted by molar-refractivity contribution is 7.80. The Kier molecular flexibility index (Phi) is 5.95. The zero-order chi connectivity index (χ0) is 12.5. The average Bonchev–Trinajstić information content (AvgIpc) is 2.35. The van der Waals surface area contributed by atoms with Gasteiger partial charge in [0.2, 0.25) is 0 Å². The standard InChI is InChI=1S/C11H13NO4S/c13-10(6-7-17)16-12-11(14)15-8-9-4-2-1-3-5-9/h1-5,17H,6-8H2,(H,12,14). The summed E-state index contributed by atoms with van der Waals surface area (Å²) in [4.78, 5) is 26.4. The SMILES string of the molecule is O=C(CCS)ONC(=O)OCc1ccccc1. The first-order valence-corrected chi connectivity index (χ1v) is 5.63. The van der Waals surface area contributed by atoms with Crippen LogP contribution in [0.3, 0.4) is 0 Å². The van der Waals surface area contributed by atoms with Crippen molar-refractivity contribution in [3.63, 3.8) is 0 Å². The molecule has 0 aliphatic carbocycles. The lowest BCUT2D eigenvalue weighted by Crippen LogP contribution is -2.27. The van der Waals surface area contributed by atoms with Gasteiger partial charge in [0, 0.05) is 5.75 Å². The van der Waals surface area contributed by atoms with E-state index >= 15 is 0 Å². The van der Waals surface area contributed by atoms with Crippen LogP contribution in [0.2, 0.25) is 0 Å². The summed E-state index contributed by atoms with van der Waals surface area (Å²) in [5.41, 5.74) is 2.74. The number of carbonyl (C=O) groups is 2. The molecular weight excluding hydrogens is 242 g/mol. The number of benzene rings is 1. The van der Waals surface area contributed by atoms with Crippen LogP contribution in [0.15, 0.2) is 30.3 Å². The maximum Gasteiger partial charge on any atom is 0.441 e. The zero-order valence-corrected chi connectivity index (χ0v) is 9.98. The molecule has 1 amide bonds. The lowest BCUT2D eigenvalue weighted by molar-refractivity contribution is -0.149. The maximum atomic E-state index is 11.1. The van der Waals surface area contributed by atoms with Crippen LogP contribution < -0.4 is 5.48 Å². The molecule has 0 saturated carbocycles. The highest BCUT2D eigenvalue weighted by Gasteiger charge is 2.06. The molecule has 1 rings (SSSR count). The van der Waals surface area contributed by atoms with Gasteiger partial charge in [-0.15, -0.1) is 5.48 Å². The summed E-state index contributed by atoms with van der Waals surface area (Å²) in [7, 11) is 0. The lowest BCUT2D eigenvalue weighted by atomic mass is 10.2. The number of thiol groups is 1. The van der Waals surface area contributed by atoms with Crippen LogP contribution in [0.25, 0.3) is 0 Å². The van der Waals surface area contributed by atoms with Gasteiger partial charge < -0.3 is 9.57 Å². The van der Waals surface area contributed by atoms with Crippen molar-refractivity contribution in [2.45, 2.75) is 13.0 Å². The summed E-state index contributed by atoms with van der Waals surface area (Å²) in [6, 6.07) is 9.18. The van der Waals surface area contributed by atoms with Gasteiger partial charge in [-0.1, -0.05) is 30.3 Å². The lowest BCUT2D eigenvalue weighted by Gasteiger charge is -2.06. The van der Waals surface area contributed by atoms with Gasteiger partial charge in [0.05, 0.1) is 6.42 Å². The Labute approximate surface area is 104 Å². The number of rotatable bonds is 4. The largest absolute Gasteiger partial charge is 0.443 e. The molecule has 0 unspecified atom stereocenters. The normalized spacial score (nSPS) is 9.47. The van der Waals surface area contributed by atoms with Gasteiger partial charge in [-0.2, -0.15) is 12.6 Å². The van der Waals surface area contributed by atoms with E-state index in [0.29, 0.717) is 5.75 Å². The van der Waals surface area contributed by atoms with Crippen LogP contribution in [0, 0.1) is 0 Å². The molecule has 6 heteroatoms. The predicted octanol–water partition coefficient (Wildman–Crippen LogP) is 1.69. The molecular formula is C11H13NO4S. The Bertz CT molecular complexity index is 369. The smallest absolute Gasteiger partial charge is 0.441 e. The van der Waals surface area contributed by atoms with Crippen molar-refractivity contribution in [1.29, 1.82) is 0 Å². The molecule has 5 nitrogen and oxygen atoms in total. The van der Waals surface area contributed by atoms with Gasteiger partial charge in [0.1, 0.15) is 6.61 Å². The molecule has 0 aromatic heterocycles. The van der Waals surface area contributed by atoms with E-state index in [9.17, 15) is 9.59 Å². The maximum absolute atomic E-state index is 11.1. The molecule has 0 saturated heterocycles. The minimum Gasteiger partial charge on any atom is -0.443 e. The fourth-order valence-electron chi connectivity index (χ4n) is 0.993. The van der Waals surface area contributed by atoms with E-state index in [1.165, 1.54) is 0 Å². The van der Waals surface area contributed by atoms with E-state index in [2.05, 4.69) is 17.5 Å². The second-order valence-corrected chi connectivity index (χ2v) is 3.56. The second kappa shape index (κ2) is 7.56. The fourth-order valence-corrected chi connectivity index (χ4v) is 1.18. The molecule has 0 spiro atoms. The predicted molar refractivity (Wildman–Crippen MR) is 64.3 cm³/mol. The van der Waals surface area contributed by atoms with Gasteiger partial charge in [0.15, 0.2) is 0 Å². The van der Waals surface area contributed by atoms with Gasteiger partial charge >= 0.3 is 12.1 Å². The summed E-state index contributed by atoms with van der Waals surface area (Å²) >= 11 is 3.85. The Balaban J connectivity index is 2.20. The van der Waals surface area contributed by atoms with E-state index in [-0.39, 0.29) is 13.0 Å². The molecule has 0 aliphatic heterocycles. The van der Waals surface area contributed by atoms with Crippen LogP contribution in [0.5, 0.6) is 0 Å². The monoisotopic (exact) mass is 255 g/mol. The molecule has 1 aromatic carbocycles. The van der Waals surface area contributed by atoms with E-state index < -0.39 is 12.1 Å². The van der Waals surface area contributed by atoms with Crippen molar-refractivity contribution in [3.8, 4) is 0 Å². The molecule has 1 N–H and O–H groups in total.